The Kier molecular flexibility index (Phi) is 7.66. The van der Waals surface area contributed by atoms with Gasteiger partial charge in [-0.15, -0.1) is 11.8 Å². The maximum atomic E-state index is 12.1. The number of carboxylic acid groups (broad SMARTS) is 1. The smallest absolute Gasteiger partial charge is 0.331 e. The van der Waals surface area contributed by atoms with Gasteiger partial charge in [-0.25, -0.2) is 4.79 Å². The minimum atomic E-state index is -1.15. The fourth-order valence-corrected chi connectivity index (χ4v) is 2.97. The van der Waals surface area contributed by atoms with E-state index in [1.54, 1.807) is 36.4 Å². The van der Waals surface area contributed by atoms with Crippen molar-refractivity contribution in [3.8, 4) is 0 Å². The largest absolute Gasteiger partial charge is 0.478 e. The molecule has 2 rings (SSSR count). The van der Waals surface area contributed by atoms with Crippen LogP contribution in [0, 0.1) is 6.92 Å². The van der Waals surface area contributed by atoms with Crippen LogP contribution in [0.15, 0.2) is 59.0 Å². The Morgan fingerprint density at radius 2 is 1.71 bits per heavy atom. The summed E-state index contributed by atoms with van der Waals surface area (Å²) in [5.74, 6) is -1.60. The first kappa shape index (κ1) is 21.5. The van der Waals surface area contributed by atoms with Gasteiger partial charge in [-0.05, 0) is 55.8 Å². The van der Waals surface area contributed by atoms with Gasteiger partial charge in [0.1, 0.15) is 0 Å². The summed E-state index contributed by atoms with van der Waals surface area (Å²) in [6.45, 7) is 3.23. The number of aryl methyl sites for hydroxylation is 1. The highest BCUT2D eigenvalue weighted by Crippen LogP contribution is 2.22. The van der Waals surface area contributed by atoms with Gasteiger partial charge < -0.3 is 15.7 Å². The molecule has 6 nitrogen and oxygen atoms in total. The number of benzene rings is 2. The van der Waals surface area contributed by atoms with Gasteiger partial charge >= 0.3 is 5.97 Å². The first-order valence-corrected chi connectivity index (χ1v) is 9.62. The first-order chi connectivity index (χ1) is 13.2. The highest BCUT2D eigenvalue weighted by atomic mass is 35.5. The number of carbonyl (C=O) groups is 3. The van der Waals surface area contributed by atoms with Crippen molar-refractivity contribution >= 4 is 52.5 Å². The monoisotopic (exact) mass is 418 g/mol. The number of carboxylic acids is 1. The van der Waals surface area contributed by atoms with Gasteiger partial charge in [0, 0.05) is 32.9 Å². The molecule has 0 aliphatic heterocycles. The molecule has 0 saturated carbocycles. The normalized spacial score (nSPS) is 11.0. The summed E-state index contributed by atoms with van der Waals surface area (Å²) in [5, 5.41) is 14.7. The van der Waals surface area contributed by atoms with E-state index < -0.39 is 11.9 Å². The standard InChI is InChI=1S/C20H19ClN2O4S/c1-12-3-4-15(10-17(12)21)23-19(25)11-28-16-7-5-14(6-8-16)22-18(24)9-13(2)20(26)27/h3-10H,11H2,1-2H3,(H,22,24)(H,23,25)(H,26,27). The highest BCUT2D eigenvalue weighted by Gasteiger charge is 2.07. The van der Waals surface area contributed by atoms with Crippen LogP contribution in [0.2, 0.25) is 5.02 Å². The molecule has 0 aromatic heterocycles. The molecule has 28 heavy (non-hydrogen) atoms. The summed E-state index contributed by atoms with van der Waals surface area (Å²) in [6, 6.07) is 12.2. The minimum Gasteiger partial charge on any atom is -0.478 e. The van der Waals surface area contributed by atoms with E-state index in [0.29, 0.717) is 16.4 Å². The van der Waals surface area contributed by atoms with Crippen molar-refractivity contribution in [1.82, 2.24) is 0 Å². The van der Waals surface area contributed by atoms with Crippen LogP contribution in [0.1, 0.15) is 12.5 Å². The van der Waals surface area contributed by atoms with Crippen LogP contribution in [-0.4, -0.2) is 28.6 Å². The second-order valence-corrected chi connectivity index (χ2v) is 7.40. The zero-order chi connectivity index (χ0) is 20.7. The Morgan fingerprint density at radius 3 is 2.32 bits per heavy atom. The molecule has 146 valence electrons. The van der Waals surface area contributed by atoms with Crippen molar-refractivity contribution in [3.63, 3.8) is 0 Å². The number of hydrogen-bond donors (Lipinski definition) is 3. The Balaban J connectivity index is 1.85. The summed E-state index contributed by atoms with van der Waals surface area (Å²) >= 11 is 7.40. The van der Waals surface area contributed by atoms with Crippen LogP contribution in [0.3, 0.4) is 0 Å². The Bertz CT molecular complexity index is 926. The van der Waals surface area contributed by atoms with Crippen LogP contribution in [0.4, 0.5) is 11.4 Å². The van der Waals surface area contributed by atoms with Crippen LogP contribution in [-0.2, 0) is 14.4 Å². The van der Waals surface area contributed by atoms with E-state index in [1.165, 1.54) is 18.7 Å². The van der Waals surface area contributed by atoms with E-state index in [-0.39, 0.29) is 17.2 Å². The van der Waals surface area contributed by atoms with Crippen molar-refractivity contribution in [3.05, 3.63) is 64.7 Å². The second kappa shape index (κ2) is 9.96. The topological polar surface area (TPSA) is 95.5 Å². The number of hydrogen-bond acceptors (Lipinski definition) is 4. The molecule has 0 saturated heterocycles. The Morgan fingerprint density at radius 1 is 1.07 bits per heavy atom. The number of thioether (sulfide) groups is 1. The second-order valence-electron chi connectivity index (χ2n) is 5.95. The van der Waals surface area contributed by atoms with Crippen molar-refractivity contribution < 1.29 is 19.5 Å². The summed E-state index contributed by atoms with van der Waals surface area (Å²) in [5.41, 5.74) is 2.06. The molecule has 2 aromatic rings. The summed E-state index contributed by atoms with van der Waals surface area (Å²) in [6.07, 6.45) is 1.02. The molecule has 0 aliphatic rings. The number of aliphatic carboxylic acids is 1. The average Bonchev–Trinajstić information content (AvgIpc) is 2.64. The molecule has 2 aromatic carbocycles. The number of nitrogens with one attached hydrogen (secondary N) is 2. The SMILES string of the molecule is CC(=CC(=O)Nc1ccc(SCC(=O)Nc2ccc(C)c(Cl)c2)cc1)C(=O)O. The van der Waals surface area contributed by atoms with Crippen LogP contribution >= 0.6 is 23.4 Å². The summed E-state index contributed by atoms with van der Waals surface area (Å²) in [7, 11) is 0. The summed E-state index contributed by atoms with van der Waals surface area (Å²) < 4.78 is 0. The zero-order valence-corrected chi connectivity index (χ0v) is 16.9. The van der Waals surface area contributed by atoms with Crippen LogP contribution in [0.5, 0.6) is 0 Å². The highest BCUT2D eigenvalue weighted by molar-refractivity contribution is 8.00. The third-order valence-electron chi connectivity index (χ3n) is 3.63. The third kappa shape index (κ3) is 6.75. The number of anilines is 2. The van der Waals surface area contributed by atoms with Crippen molar-refractivity contribution in [2.45, 2.75) is 18.7 Å². The fourth-order valence-electron chi connectivity index (χ4n) is 2.09. The first-order valence-electron chi connectivity index (χ1n) is 8.26. The lowest BCUT2D eigenvalue weighted by molar-refractivity contribution is -0.132. The maximum absolute atomic E-state index is 12.1. The molecule has 0 spiro atoms. The fraction of sp³-hybridized carbons (Fsp3) is 0.150. The van der Waals surface area contributed by atoms with Gasteiger partial charge in [0.15, 0.2) is 0 Å². The van der Waals surface area contributed by atoms with E-state index >= 15 is 0 Å². The van der Waals surface area contributed by atoms with E-state index in [0.717, 1.165) is 16.5 Å². The molecule has 2 amide bonds. The number of halogens is 1. The van der Waals surface area contributed by atoms with Gasteiger partial charge in [0.05, 0.1) is 5.75 Å². The lowest BCUT2D eigenvalue weighted by Crippen LogP contribution is -2.14. The Labute approximate surface area is 172 Å². The number of amides is 2. The molecule has 0 fully saturated rings. The molecule has 0 unspecified atom stereocenters. The summed E-state index contributed by atoms with van der Waals surface area (Å²) in [4.78, 5) is 35.4. The van der Waals surface area contributed by atoms with Crippen molar-refractivity contribution in [2.75, 3.05) is 16.4 Å². The van der Waals surface area contributed by atoms with E-state index in [2.05, 4.69) is 10.6 Å². The zero-order valence-electron chi connectivity index (χ0n) is 15.3. The molecule has 0 heterocycles. The quantitative estimate of drug-likeness (QED) is 0.459. The van der Waals surface area contributed by atoms with E-state index in [9.17, 15) is 14.4 Å². The third-order valence-corrected chi connectivity index (χ3v) is 5.05. The average molecular weight is 419 g/mol. The Hall–Kier alpha value is -2.77. The predicted octanol–water partition coefficient (Wildman–Crippen LogP) is 4.35. The van der Waals surface area contributed by atoms with E-state index in [1.807, 2.05) is 13.0 Å². The molecule has 3 N–H and O–H groups in total. The van der Waals surface area contributed by atoms with Crippen molar-refractivity contribution in [2.24, 2.45) is 0 Å². The molecule has 0 aliphatic carbocycles. The van der Waals surface area contributed by atoms with Crippen molar-refractivity contribution in [1.29, 1.82) is 0 Å². The molecular formula is C20H19ClN2O4S. The molecule has 0 bridgehead atoms. The van der Waals surface area contributed by atoms with E-state index in [4.69, 9.17) is 16.7 Å². The van der Waals surface area contributed by atoms with Crippen LogP contribution < -0.4 is 10.6 Å². The van der Waals surface area contributed by atoms with Gasteiger partial charge in [-0.2, -0.15) is 0 Å². The lowest BCUT2D eigenvalue weighted by Gasteiger charge is -2.07. The molecule has 0 atom stereocenters. The molecular weight excluding hydrogens is 400 g/mol. The minimum absolute atomic E-state index is 0.0504. The lowest BCUT2D eigenvalue weighted by atomic mass is 10.2. The van der Waals surface area contributed by atoms with Gasteiger partial charge in [0.25, 0.3) is 0 Å². The van der Waals surface area contributed by atoms with Gasteiger partial charge in [-0.1, -0.05) is 17.7 Å². The van der Waals surface area contributed by atoms with Crippen LogP contribution in [0.25, 0.3) is 0 Å². The number of carbonyl (C=O) groups excluding carboxylic acids is 2. The predicted molar refractivity (Wildman–Crippen MR) is 112 cm³/mol. The molecule has 8 heteroatoms. The number of rotatable bonds is 7. The maximum Gasteiger partial charge on any atom is 0.331 e. The van der Waals surface area contributed by atoms with Gasteiger partial charge in [-0.3, -0.25) is 9.59 Å². The molecule has 0 radical (unpaired) electrons. The van der Waals surface area contributed by atoms with Gasteiger partial charge in [0.2, 0.25) is 11.8 Å².